The van der Waals surface area contributed by atoms with E-state index in [0.29, 0.717) is 5.56 Å². The van der Waals surface area contributed by atoms with Crippen LogP contribution in [0.2, 0.25) is 0 Å². The van der Waals surface area contributed by atoms with Crippen LogP contribution in [0.1, 0.15) is 23.7 Å². The van der Waals surface area contributed by atoms with Crippen molar-refractivity contribution in [2.45, 2.75) is 12.5 Å². The molecule has 1 aromatic rings. The van der Waals surface area contributed by atoms with Gasteiger partial charge in [0.15, 0.2) is 0 Å². The predicted octanol–water partition coefficient (Wildman–Crippen LogP) is 2.53. The molecule has 0 spiro atoms. The van der Waals surface area contributed by atoms with Crippen LogP contribution in [0.15, 0.2) is 36.6 Å². The molecule has 0 unspecified atom stereocenters. The minimum Gasteiger partial charge on any atom is -0.493 e. The van der Waals surface area contributed by atoms with Crippen molar-refractivity contribution in [2.24, 2.45) is 0 Å². The molecule has 1 heterocycles. The van der Waals surface area contributed by atoms with Crippen molar-refractivity contribution in [1.29, 1.82) is 5.26 Å². The maximum atomic E-state index is 8.60. The van der Waals surface area contributed by atoms with Crippen LogP contribution in [0, 0.1) is 11.3 Å². The van der Waals surface area contributed by atoms with E-state index >= 15 is 0 Å². The van der Waals surface area contributed by atoms with Gasteiger partial charge in [-0.15, -0.1) is 0 Å². The highest BCUT2D eigenvalue weighted by Gasteiger charge is 2.13. The smallest absolute Gasteiger partial charge is 0.126 e. The minimum atomic E-state index is 0.146. The first-order valence-electron chi connectivity index (χ1n) is 4.20. The van der Waals surface area contributed by atoms with Gasteiger partial charge in [0.1, 0.15) is 6.10 Å². The molecule has 64 valence electrons. The monoisotopic (exact) mass is 171 g/mol. The van der Waals surface area contributed by atoms with Gasteiger partial charge in [0.2, 0.25) is 0 Å². The topological polar surface area (TPSA) is 33.0 Å². The average molecular weight is 171 g/mol. The lowest BCUT2D eigenvalue weighted by Gasteiger charge is -2.09. The quantitative estimate of drug-likeness (QED) is 0.650. The second-order valence-electron chi connectivity index (χ2n) is 2.97. The Morgan fingerprint density at radius 1 is 1.31 bits per heavy atom. The van der Waals surface area contributed by atoms with Crippen LogP contribution in [0.4, 0.5) is 0 Å². The third-order valence-corrected chi connectivity index (χ3v) is 2.10. The Balaban J connectivity index is 2.19. The number of hydrogen-bond acceptors (Lipinski definition) is 2. The zero-order valence-electron chi connectivity index (χ0n) is 7.10. The summed E-state index contributed by atoms with van der Waals surface area (Å²) in [5.41, 5.74) is 1.82. The van der Waals surface area contributed by atoms with Gasteiger partial charge in [-0.05, 0) is 23.8 Å². The fourth-order valence-electron chi connectivity index (χ4n) is 1.37. The van der Waals surface area contributed by atoms with Crippen molar-refractivity contribution in [1.82, 2.24) is 0 Å². The molecule has 1 aromatic carbocycles. The lowest BCUT2D eigenvalue weighted by atomic mass is 10.1. The fourth-order valence-corrected chi connectivity index (χ4v) is 1.37. The van der Waals surface area contributed by atoms with Gasteiger partial charge in [0.25, 0.3) is 0 Å². The molecule has 2 nitrogen and oxygen atoms in total. The van der Waals surface area contributed by atoms with Gasteiger partial charge < -0.3 is 4.74 Å². The lowest BCUT2D eigenvalue weighted by Crippen LogP contribution is -1.94. The van der Waals surface area contributed by atoms with Gasteiger partial charge in [-0.1, -0.05) is 12.1 Å². The highest BCUT2D eigenvalue weighted by atomic mass is 16.5. The van der Waals surface area contributed by atoms with Gasteiger partial charge in [0.05, 0.1) is 17.9 Å². The first-order valence-corrected chi connectivity index (χ1v) is 4.20. The van der Waals surface area contributed by atoms with Crippen LogP contribution >= 0.6 is 0 Å². The second kappa shape index (κ2) is 3.32. The first kappa shape index (κ1) is 7.88. The number of hydrogen-bond donors (Lipinski definition) is 0. The van der Waals surface area contributed by atoms with E-state index in [2.05, 4.69) is 6.07 Å². The molecule has 1 aliphatic rings. The fraction of sp³-hybridized carbons (Fsp3) is 0.182. The van der Waals surface area contributed by atoms with Gasteiger partial charge in [-0.2, -0.15) is 5.26 Å². The molecule has 0 bridgehead atoms. The molecule has 1 atom stereocenters. The van der Waals surface area contributed by atoms with Gasteiger partial charge in [0, 0.05) is 6.42 Å². The molecule has 0 aromatic heterocycles. The van der Waals surface area contributed by atoms with Crippen molar-refractivity contribution in [2.75, 3.05) is 0 Å². The standard InChI is InChI=1S/C11H9NO/c12-8-9-3-5-10(6-4-9)11-2-1-7-13-11/h1,3-7,11H,2H2/t11-/m1/s1. The third kappa shape index (κ3) is 1.54. The molecule has 2 rings (SSSR count). The van der Waals surface area contributed by atoms with Crippen LogP contribution in [-0.2, 0) is 4.74 Å². The molecule has 0 radical (unpaired) electrons. The average Bonchev–Trinajstić information content (AvgIpc) is 2.71. The molecule has 0 saturated carbocycles. The summed E-state index contributed by atoms with van der Waals surface area (Å²) in [5.74, 6) is 0. The maximum Gasteiger partial charge on any atom is 0.126 e. The molecular formula is C11H9NO. The van der Waals surface area contributed by atoms with E-state index in [9.17, 15) is 0 Å². The molecule has 13 heavy (non-hydrogen) atoms. The summed E-state index contributed by atoms with van der Waals surface area (Å²) < 4.78 is 5.35. The van der Waals surface area contributed by atoms with Crippen molar-refractivity contribution >= 4 is 0 Å². The van der Waals surface area contributed by atoms with Gasteiger partial charge in [-0.3, -0.25) is 0 Å². The summed E-state index contributed by atoms with van der Waals surface area (Å²) in [4.78, 5) is 0. The number of benzene rings is 1. The summed E-state index contributed by atoms with van der Waals surface area (Å²) in [6, 6.07) is 9.60. The van der Waals surface area contributed by atoms with E-state index in [4.69, 9.17) is 10.00 Å². The normalized spacial score (nSPS) is 19.5. The Hall–Kier alpha value is -1.75. The lowest BCUT2D eigenvalue weighted by molar-refractivity contribution is 0.173. The maximum absolute atomic E-state index is 8.60. The summed E-state index contributed by atoms with van der Waals surface area (Å²) in [5, 5.41) is 8.60. The number of rotatable bonds is 1. The summed E-state index contributed by atoms with van der Waals surface area (Å²) >= 11 is 0. The highest BCUT2D eigenvalue weighted by Crippen LogP contribution is 2.26. The number of nitrogens with zero attached hydrogens (tertiary/aromatic N) is 1. The van der Waals surface area contributed by atoms with Crippen molar-refractivity contribution in [3.63, 3.8) is 0 Å². The molecule has 0 saturated heterocycles. The Bertz CT molecular complexity index is 351. The molecular weight excluding hydrogens is 162 g/mol. The van der Waals surface area contributed by atoms with Crippen LogP contribution in [0.5, 0.6) is 0 Å². The van der Waals surface area contributed by atoms with Gasteiger partial charge >= 0.3 is 0 Å². The molecule has 0 amide bonds. The second-order valence-corrected chi connectivity index (χ2v) is 2.97. The summed E-state index contributed by atoms with van der Waals surface area (Å²) in [7, 11) is 0. The largest absolute Gasteiger partial charge is 0.493 e. The molecule has 0 N–H and O–H groups in total. The zero-order valence-corrected chi connectivity index (χ0v) is 7.10. The van der Waals surface area contributed by atoms with Crippen LogP contribution in [-0.4, -0.2) is 0 Å². The molecule has 1 aliphatic heterocycles. The Kier molecular flexibility index (Phi) is 2.01. The van der Waals surface area contributed by atoms with Crippen LogP contribution < -0.4 is 0 Å². The van der Waals surface area contributed by atoms with E-state index < -0.39 is 0 Å². The Morgan fingerprint density at radius 2 is 2.08 bits per heavy atom. The van der Waals surface area contributed by atoms with Crippen LogP contribution in [0.3, 0.4) is 0 Å². The third-order valence-electron chi connectivity index (χ3n) is 2.10. The number of ether oxygens (including phenoxy) is 1. The summed E-state index contributed by atoms with van der Waals surface area (Å²) in [6.07, 6.45) is 4.80. The Labute approximate surface area is 77.1 Å². The zero-order chi connectivity index (χ0) is 9.10. The van der Waals surface area contributed by atoms with E-state index in [1.807, 2.05) is 30.3 Å². The summed E-state index contributed by atoms with van der Waals surface area (Å²) in [6.45, 7) is 0. The SMILES string of the molecule is N#Cc1ccc([C@H]2CC=CO2)cc1. The Morgan fingerprint density at radius 3 is 2.62 bits per heavy atom. The van der Waals surface area contributed by atoms with Gasteiger partial charge in [-0.25, -0.2) is 0 Å². The minimum absolute atomic E-state index is 0.146. The van der Waals surface area contributed by atoms with E-state index in [1.165, 1.54) is 0 Å². The molecule has 0 fully saturated rings. The van der Waals surface area contributed by atoms with Crippen LogP contribution in [0.25, 0.3) is 0 Å². The van der Waals surface area contributed by atoms with Crippen molar-refractivity contribution in [3.05, 3.63) is 47.7 Å². The van der Waals surface area contributed by atoms with Crippen molar-refractivity contribution < 1.29 is 4.74 Å². The van der Waals surface area contributed by atoms with Crippen molar-refractivity contribution in [3.8, 4) is 6.07 Å². The molecule has 0 aliphatic carbocycles. The van der Waals surface area contributed by atoms with E-state index in [1.54, 1.807) is 6.26 Å². The predicted molar refractivity (Wildman–Crippen MR) is 48.7 cm³/mol. The first-order chi connectivity index (χ1) is 6.40. The highest BCUT2D eigenvalue weighted by molar-refractivity contribution is 5.32. The van der Waals surface area contributed by atoms with E-state index in [0.717, 1.165) is 12.0 Å². The number of nitriles is 1. The molecule has 2 heteroatoms. The van der Waals surface area contributed by atoms with E-state index in [-0.39, 0.29) is 6.10 Å².